The normalized spacial score (nSPS) is 11.0. The summed E-state index contributed by atoms with van der Waals surface area (Å²) in [5, 5.41) is 0. The molecule has 4 heteroatoms. The molecule has 0 spiro atoms. The maximum absolute atomic E-state index is 5.55. The summed E-state index contributed by atoms with van der Waals surface area (Å²) in [5.74, 6) is 0.767. The van der Waals surface area contributed by atoms with Crippen molar-refractivity contribution < 1.29 is 4.42 Å². The highest BCUT2D eigenvalue weighted by molar-refractivity contribution is 9.10. The number of oxazole rings is 1. The molecular weight excluding hydrogens is 244 g/mol. The number of benzene rings is 1. The molecule has 14 heavy (non-hydrogen) atoms. The highest BCUT2D eigenvalue weighted by Gasteiger charge is 2.04. The fourth-order valence-electron chi connectivity index (χ4n) is 1.31. The number of hydrogen-bond acceptors (Lipinski definition) is 3. The fourth-order valence-corrected chi connectivity index (χ4v) is 1.65. The summed E-state index contributed by atoms with van der Waals surface area (Å²) >= 11 is 3.39. The quantitative estimate of drug-likeness (QED) is 0.916. The van der Waals surface area contributed by atoms with Gasteiger partial charge in [-0.25, -0.2) is 4.98 Å². The lowest BCUT2D eigenvalue weighted by atomic mass is 10.3. The molecule has 3 nitrogen and oxygen atoms in total. The van der Waals surface area contributed by atoms with E-state index in [1.165, 1.54) is 0 Å². The van der Waals surface area contributed by atoms with Gasteiger partial charge in [0.1, 0.15) is 5.52 Å². The Labute approximate surface area is 90.4 Å². The highest BCUT2D eigenvalue weighted by atomic mass is 79.9. The van der Waals surface area contributed by atoms with E-state index in [1.54, 1.807) is 0 Å². The molecule has 1 aromatic heterocycles. The molecule has 0 saturated heterocycles. The topological polar surface area (TPSA) is 52.0 Å². The molecule has 0 atom stereocenters. The summed E-state index contributed by atoms with van der Waals surface area (Å²) in [6.07, 6.45) is 1.72. The van der Waals surface area contributed by atoms with Gasteiger partial charge in [-0.15, -0.1) is 0 Å². The Morgan fingerprint density at radius 2 is 2.29 bits per heavy atom. The zero-order valence-corrected chi connectivity index (χ0v) is 9.25. The van der Waals surface area contributed by atoms with Gasteiger partial charge < -0.3 is 10.2 Å². The van der Waals surface area contributed by atoms with Crippen molar-refractivity contribution in [1.82, 2.24) is 4.98 Å². The standard InChI is InChI=1S/C10H11BrN2O/c11-7-3-4-8-9(6-7)14-10(13-8)2-1-5-12/h3-4,6H,1-2,5,12H2. The molecule has 2 aromatic rings. The van der Waals surface area contributed by atoms with Crippen LogP contribution in [-0.2, 0) is 6.42 Å². The summed E-state index contributed by atoms with van der Waals surface area (Å²) in [6.45, 7) is 0.669. The van der Waals surface area contributed by atoms with Crippen molar-refractivity contribution in [3.05, 3.63) is 28.6 Å². The third-order valence-electron chi connectivity index (χ3n) is 1.99. The molecule has 0 fully saturated rings. The molecule has 2 N–H and O–H groups in total. The monoisotopic (exact) mass is 254 g/mol. The van der Waals surface area contributed by atoms with Crippen LogP contribution in [0.15, 0.2) is 27.1 Å². The van der Waals surface area contributed by atoms with Crippen molar-refractivity contribution in [2.45, 2.75) is 12.8 Å². The first-order valence-corrected chi connectivity index (χ1v) is 5.34. The van der Waals surface area contributed by atoms with E-state index >= 15 is 0 Å². The Balaban J connectivity index is 2.32. The Bertz CT molecular complexity index is 439. The van der Waals surface area contributed by atoms with Crippen molar-refractivity contribution in [1.29, 1.82) is 0 Å². The smallest absolute Gasteiger partial charge is 0.195 e. The Hall–Kier alpha value is -0.870. The zero-order chi connectivity index (χ0) is 9.97. The van der Waals surface area contributed by atoms with E-state index in [4.69, 9.17) is 10.2 Å². The first kappa shape index (κ1) is 9.68. The molecule has 1 aromatic carbocycles. The second kappa shape index (κ2) is 4.11. The van der Waals surface area contributed by atoms with Crippen LogP contribution >= 0.6 is 15.9 Å². The van der Waals surface area contributed by atoms with Gasteiger partial charge >= 0.3 is 0 Å². The molecule has 74 valence electrons. The minimum Gasteiger partial charge on any atom is -0.441 e. The number of hydrogen-bond donors (Lipinski definition) is 1. The number of aromatic nitrogens is 1. The van der Waals surface area contributed by atoms with E-state index in [9.17, 15) is 0 Å². The van der Waals surface area contributed by atoms with Crippen molar-refractivity contribution in [3.8, 4) is 0 Å². The van der Waals surface area contributed by atoms with Crippen LogP contribution < -0.4 is 5.73 Å². The van der Waals surface area contributed by atoms with Gasteiger partial charge in [0.2, 0.25) is 0 Å². The Morgan fingerprint density at radius 1 is 1.43 bits per heavy atom. The van der Waals surface area contributed by atoms with E-state index in [0.29, 0.717) is 6.54 Å². The maximum atomic E-state index is 5.55. The lowest BCUT2D eigenvalue weighted by Crippen LogP contribution is -2.00. The lowest BCUT2D eigenvalue weighted by molar-refractivity contribution is 0.521. The predicted molar refractivity (Wildman–Crippen MR) is 59.1 cm³/mol. The van der Waals surface area contributed by atoms with Gasteiger partial charge in [-0.05, 0) is 31.2 Å². The van der Waals surface area contributed by atoms with E-state index in [2.05, 4.69) is 20.9 Å². The van der Waals surface area contributed by atoms with Gasteiger partial charge in [-0.1, -0.05) is 15.9 Å². The first-order valence-electron chi connectivity index (χ1n) is 4.54. The molecule has 0 unspecified atom stereocenters. The fraction of sp³-hybridized carbons (Fsp3) is 0.300. The van der Waals surface area contributed by atoms with Gasteiger partial charge in [0.05, 0.1) is 0 Å². The third-order valence-corrected chi connectivity index (χ3v) is 2.48. The summed E-state index contributed by atoms with van der Waals surface area (Å²) in [7, 11) is 0. The molecule has 0 amide bonds. The van der Waals surface area contributed by atoms with Crippen LogP contribution in [0.1, 0.15) is 12.3 Å². The highest BCUT2D eigenvalue weighted by Crippen LogP contribution is 2.20. The Morgan fingerprint density at radius 3 is 3.07 bits per heavy atom. The van der Waals surface area contributed by atoms with Gasteiger partial charge in [-0.2, -0.15) is 0 Å². The van der Waals surface area contributed by atoms with Crippen molar-refractivity contribution in [2.24, 2.45) is 5.73 Å². The van der Waals surface area contributed by atoms with E-state index in [0.717, 1.165) is 34.3 Å². The van der Waals surface area contributed by atoms with Gasteiger partial charge in [0.15, 0.2) is 11.5 Å². The van der Waals surface area contributed by atoms with Crippen LogP contribution in [0.3, 0.4) is 0 Å². The van der Waals surface area contributed by atoms with Crippen LogP contribution in [-0.4, -0.2) is 11.5 Å². The summed E-state index contributed by atoms with van der Waals surface area (Å²) < 4.78 is 6.56. The van der Waals surface area contributed by atoms with E-state index < -0.39 is 0 Å². The number of fused-ring (bicyclic) bond motifs is 1. The number of aryl methyl sites for hydroxylation is 1. The average Bonchev–Trinajstić information content (AvgIpc) is 2.56. The van der Waals surface area contributed by atoms with Crippen molar-refractivity contribution in [2.75, 3.05) is 6.54 Å². The van der Waals surface area contributed by atoms with Crippen LogP contribution in [0.25, 0.3) is 11.1 Å². The minimum absolute atomic E-state index is 0.669. The number of rotatable bonds is 3. The van der Waals surface area contributed by atoms with Crippen molar-refractivity contribution >= 4 is 27.0 Å². The van der Waals surface area contributed by atoms with Gasteiger partial charge in [0.25, 0.3) is 0 Å². The maximum Gasteiger partial charge on any atom is 0.195 e. The average molecular weight is 255 g/mol. The summed E-state index contributed by atoms with van der Waals surface area (Å²) in [6, 6.07) is 5.82. The molecular formula is C10H11BrN2O. The van der Waals surface area contributed by atoms with Crippen molar-refractivity contribution in [3.63, 3.8) is 0 Å². The van der Waals surface area contributed by atoms with Crippen LogP contribution in [0.4, 0.5) is 0 Å². The predicted octanol–water partition coefficient (Wildman–Crippen LogP) is 2.48. The number of nitrogens with zero attached hydrogens (tertiary/aromatic N) is 1. The molecule has 0 aliphatic heterocycles. The van der Waals surface area contributed by atoms with Crippen LogP contribution in [0, 0.1) is 0 Å². The lowest BCUT2D eigenvalue weighted by Gasteiger charge is -1.89. The second-order valence-electron chi connectivity index (χ2n) is 3.11. The van der Waals surface area contributed by atoms with Crippen LogP contribution in [0.5, 0.6) is 0 Å². The molecule has 1 heterocycles. The molecule has 0 radical (unpaired) electrons. The third kappa shape index (κ3) is 1.96. The molecule has 2 rings (SSSR count). The largest absolute Gasteiger partial charge is 0.441 e. The van der Waals surface area contributed by atoms with Gasteiger partial charge in [-0.3, -0.25) is 0 Å². The van der Waals surface area contributed by atoms with E-state index in [-0.39, 0.29) is 0 Å². The first-order chi connectivity index (χ1) is 6.79. The van der Waals surface area contributed by atoms with Crippen LogP contribution in [0.2, 0.25) is 0 Å². The molecule has 0 saturated carbocycles. The van der Waals surface area contributed by atoms with E-state index in [1.807, 2.05) is 18.2 Å². The summed E-state index contributed by atoms with van der Waals surface area (Å²) in [5.41, 5.74) is 7.15. The molecule has 0 bridgehead atoms. The zero-order valence-electron chi connectivity index (χ0n) is 7.66. The summed E-state index contributed by atoms with van der Waals surface area (Å²) in [4.78, 5) is 4.35. The number of nitrogens with two attached hydrogens (primary N) is 1. The molecule has 0 aliphatic carbocycles. The second-order valence-corrected chi connectivity index (χ2v) is 4.03. The minimum atomic E-state index is 0.669. The molecule has 0 aliphatic rings. The number of halogens is 1. The SMILES string of the molecule is NCCCc1nc2ccc(Br)cc2o1. The van der Waals surface area contributed by atoms with Gasteiger partial charge in [0, 0.05) is 10.9 Å². The Kier molecular flexibility index (Phi) is 2.84.